The first-order valence-electron chi connectivity index (χ1n) is 10.5. The number of aromatic nitrogens is 2. The molecule has 2 aromatic rings. The van der Waals surface area contributed by atoms with Gasteiger partial charge in [-0.3, -0.25) is 9.59 Å². The number of carbonyl (C=O) groups excluding carboxylic acids is 2. The molecule has 1 aromatic carbocycles. The Morgan fingerprint density at radius 1 is 1.16 bits per heavy atom. The van der Waals surface area contributed by atoms with Crippen molar-refractivity contribution in [2.75, 3.05) is 0 Å². The molecular weight excluding hydrogens is 413 g/mol. The van der Waals surface area contributed by atoms with E-state index >= 15 is 0 Å². The van der Waals surface area contributed by atoms with Crippen LogP contribution in [-0.4, -0.2) is 38.9 Å². The summed E-state index contributed by atoms with van der Waals surface area (Å²) >= 11 is 0. The van der Waals surface area contributed by atoms with Crippen LogP contribution in [0, 0.1) is 5.92 Å². The van der Waals surface area contributed by atoms with Crippen molar-refractivity contribution in [2.24, 2.45) is 5.92 Å². The maximum Gasteiger partial charge on any atom is 0.471 e. The molecule has 2 heterocycles. The maximum atomic E-state index is 13.2. The van der Waals surface area contributed by atoms with Crippen molar-refractivity contribution in [3.05, 3.63) is 35.2 Å². The number of nitrogens with zero attached hydrogens (tertiary/aromatic N) is 3. The van der Waals surface area contributed by atoms with Gasteiger partial charge < -0.3 is 14.7 Å². The van der Waals surface area contributed by atoms with Gasteiger partial charge in [0.05, 0.1) is 6.04 Å². The third-order valence-electron chi connectivity index (χ3n) is 6.27. The molecule has 7 nitrogen and oxygen atoms in total. The van der Waals surface area contributed by atoms with E-state index in [0.29, 0.717) is 12.1 Å². The Hall–Kier alpha value is -2.91. The maximum absolute atomic E-state index is 13.2. The van der Waals surface area contributed by atoms with Gasteiger partial charge in [0.2, 0.25) is 11.7 Å². The summed E-state index contributed by atoms with van der Waals surface area (Å²) < 4.78 is 42.5. The van der Waals surface area contributed by atoms with Crippen molar-refractivity contribution in [1.82, 2.24) is 20.4 Å². The quantitative estimate of drug-likeness (QED) is 0.795. The van der Waals surface area contributed by atoms with E-state index in [2.05, 4.69) is 20.0 Å². The molecule has 2 aliphatic carbocycles. The number of alkyl halides is 3. The molecule has 0 radical (unpaired) electrons. The van der Waals surface area contributed by atoms with E-state index in [4.69, 9.17) is 0 Å². The van der Waals surface area contributed by atoms with E-state index in [-0.39, 0.29) is 41.2 Å². The van der Waals surface area contributed by atoms with Crippen molar-refractivity contribution >= 4 is 11.8 Å². The van der Waals surface area contributed by atoms with Gasteiger partial charge >= 0.3 is 12.1 Å². The summed E-state index contributed by atoms with van der Waals surface area (Å²) in [5, 5.41) is 6.54. The molecule has 1 aromatic heterocycles. The lowest BCUT2D eigenvalue weighted by atomic mass is 9.89. The highest BCUT2D eigenvalue weighted by molar-refractivity contribution is 5.99. The zero-order chi connectivity index (χ0) is 21.8. The molecule has 2 atom stereocenters. The molecular formula is C21H21F3N4O3. The van der Waals surface area contributed by atoms with E-state index in [1.165, 1.54) is 6.07 Å². The second-order valence-electron chi connectivity index (χ2n) is 8.47. The molecule has 2 fully saturated rings. The SMILES string of the molecule is O=C(N[C@H]1CCCC[C@@H]1N1Cc2ccc(-c3noc(C(F)(F)F)n3)cc2C1=O)C1CC1. The Morgan fingerprint density at radius 2 is 1.94 bits per heavy atom. The van der Waals surface area contributed by atoms with Gasteiger partial charge in [-0.05, 0) is 37.3 Å². The fourth-order valence-electron chi connectivity index (χ4n) is 4.49. The highest BCUT2D eigenvalue weighted by Crippen LogP contribution is 2.35. The average Bonchev–Trinajstić information content (AvgIpc) is 3.38. The molecule has 0 spiro atoms. The third kappa shape index (κ3) is 3.79. The molecule has 1 aliphatic heterocycles. The number of nitrogens with one attached hydrogen (secondary N) is 1. The van der Waals surface area contributed by atoms with Crippen LogP contribution in [0.25, 0.3) is 11.4 Å². The lowest BCUT2D eigenvalue weighted by molar-refractivity contribution is -0.159. The largest absolute Gasteiger partial charge is 0.471 e. The minimum absolute atomic E-state index is 0.0703. The van der Waals surface area contributed by atoms with Crippen molar-refractivity contribution in [1.29, 1.82) is 0 Å². The van der Waals surface area contributed by atoms with Gasteiger partial charge in [0, 0.05) is 29.6 Å². The van der Waals surface area contributed by atoms with Crippen LogP contribution < -0.4 is 5.32 Å². The molecule has 2 saturated carbocycles. The van der Waals surface area contributed by atoms with Crippen molar-refractivity contribution in [3.8, 4) is 11.4 Å². The number of carbonyl (C=O) groups is 2. The highest BCUT2D eigenvalue weighted by Gasteiger charge is 2.41. The summed E-state index contributed by atoms with van der Waals surface area (Å²) in [6.45, 7) is 0.412. The summed E-state index contributed by atoms with van der Waals surface area (Å²) in [6.07, 6.45) is 0.743. The predicted molar refractivity (Wildman–Crippen MR) is 102 cm³/mol. The van der Waals surface area contributed by atoms with Crippen LogP contribution in [0.15, 0.2) is 22.7 Å². The van der Waals surface area contributed by atoms with Crippen molar-refractivity contribution in [3.63, 3.8) is 0 Å². The van der Waals surface area contributed by atoms with E-state index in [1.807, 2.05) is 0 Å². The Kier molecular flexibility index (Phi) is 4.75. The second-order valence-corrected chi connectivity index (χ2v) is 8.47. The van der Waals surface area contributed by atoms with Crippen LogP contribution in [0.5, 0.6) is 0 Å². The van der Waals surface area contributed by atoms with E-state index in [9.17, 15) is 22.8 Å². The van der Waals surface area contributed by atoms with Crippen molar-refractivity contribution < 1.29 is 27.3 Å². The fraction of sp³-hybridized carbons (Fsp3) is 0.524. The van der Waals surface area contributed by atoms with E-state index < -0.39 is 12.1 Å². The lowest BCUT2D eigenvalue weighted by Gasteiger charge is -2.38. The summed E-state index contributed by atoms with van der Waals surface area (Å²) in [5.41, 5.74) is 1.51. The number of rotatable bonds is 4. The first kappa shape index (κ1) is 20.0. The minimum atomic E-state index is -4.73. The van der Waals surface area contributed by atoms with Crippen LogP contribution >= 0.6 is 0 Å². The molecule has 2 amide bonds. The van der Waals surface area contributed by atoms with Gasteiger partial charge in [-0.25, -0.2) is 0 Å². The minimum Gasteiger partial charge on any atom is -0.351 e. The Morgan fingerprint density at radius 3 is 2.65 bits per heavy atom. The van der Waals surface area contributed by atoms with Crippen LogP contribution in [0.2, 0.25) is 0 Å². The number of halogens is 3. The smallest absolute Gasteiger partial charge is 0.351 e. The highest BCUT2D eigenvalue weighted by atomic mass is 19.4. The number of amides is 2. The topological polar surface area (TPSA) is 88.3 Å². The number of fused-ring (bicyclic) bond motifs is 1. The van der Waals surface area contributed by atoms with Crippen LogP contribution in [0.3, 0.4) is 0 Å². The number of benzene rings is 1. The van der Waals surface area contributed by atoms with Crippen LogP contribution in [0.4, 0.5) is 13.2 Å². The summed E-state index contributed by atoms with van der Waals surface area (Å²) in [5.74, 6) is -1.65. The second kappa shape index (κ2) is 7.35. The molecule has 1 N–H and O–H groups in total. The van der Waals surface area contributed by atoms with Crippen LogP contribution in [-0.2, 0) is 17.5 Å². The Bertz CT molecular complexity index is 1030. The molecule has 31 heavy (non-hydrogen) atoms. The summed E-state index contributed by atoms with van der Waals surface area (Å²) in [7, 11) is 0. The standard InChI is InChI=1S/C21H21F3N4O3/c22-21(23,24)20-26-17(27-31-20)12-7-8-13-10-28(19(30)14(13)9-12)16-4-2-1-3-15(16)25-18(29)11-5-6-11/h7-9,11,15-16H,1-6,10H2,(H,25,29)/t15-,16-/m0/s1. The number of hydrogen-bond donors (Lipinski definition) is 1. The summed E-state index contributed by atoms with van der Waals surface area (Å²) in [4.78, 5) is 30.7. The Balaban J connectivity index is 1.37. The molecule has 10 heteroatoms. The monoisotopic (exact) mass is 434 g/mol. The summed E-state index contributed by atoms with van der Waals surface area (Å²) in [6, 6.07) is 4.65. The first-order valence-corrected chi connectivity index (χ1v) is 10.5. The first-order chi connectivity index (χ1) is 14.8. The molecule has 164 valence electrons. The number of hydrogen-bond acceptors (Lipinski definition) is 5. The zero-order valence-corrected chi connectivity index (χ0v) is 16.6. The van der Waals surface area contributed by atoms with Crippen molar-refractivity contribution in [2.45, 2.75) is 63.3 Å². The lowest BCUT2D eigenvalue weighted by Crippen LogP contribution is -2.53. The van der Waals surface area contributed by atoms with Gasteiger partial charge in [-0.15, -0.1) is 0 Å². The van der Waals surface area contributed by atoms with Gasteiger partial charge in [-0.1, -0.05) is 30.1 Å². The molecule has 0 bridgehead atoms. The molecule has 3 aliphatic rings. The molecule has 5 rings (SSSR count). The predicted octanol–water partition coefficient (Wildman–Crippen LogP) is 3.55. The van der Waals surface area contributed by atoms with E-state index in [0.717, 1.165) is 44.1 Å². The van der Waals surface area contributed by atoms with Gasteiger partial charge in [0.15, 0.2) is 0 Å². The Labute approximate surface area is 176 Å². The van der Waals surface area contributed by atoms with E-state index in [1.54, 1.807) is 17.0 Å². The van der Waals surface area contributed by atoms with Gasteiger partial charge in [0.1, 0.15) is 0 Å². The fourth-order valence-corrected chi connectivity index (χ4v) is 4.49. The van der Waals surface area contributed by atoms with Gasteiger partial charge in [0.25, 0.3) is 5.91 Å². The van der Waals surface area contributed by atoms with Gasteiger partial charge in [-0.2, -0.15) is 18.2 Å². The van der Waals surface area contributed by atoms with Crippen LogP contribution in [0.1, 0.15) is 60.3 Å². The normalized spacial score (nSPS) is 23.7. The average molecular weight is 434 g/mol. The molecule has 0 unspecified atom stereocenters. The zero-order valence-electron chi connectivity index (χ0n) is 16.6. The third-order valence-corrected chi connectivity index (χ3v) is 6.27. The molecule has 0 saturated heterocycles.